The highest BCUT2D eigenvalue weighted by molar-refractivity contribution is 6.53. The fraction of sp³-hybridized carbons (Fsp3) is 1.00. The third-order valence-corrected chi connectivity index (χ3v) is 6.84. The summed E-state index contributed by atoms with van der Waals surface area (Å²) in [6, 6.07) is 0. The third kappa shape index (κ3) is 16.7. The number of hydrogen-bond donors (Lipinski definition) is 0. The topological polar surface area (TPSA) is 36.9 Å². The van der Waals surface area contributed by atoms with Crippen molar-refractivity contribution in [1.29, 1.82) is 0 Å². The summed E-state index contributed by atoms with van der Waals surface area (Å²) in [5.41, 5.74) is 0. The van der Waals surface area contributed by atoms with Crippen LogP contribution in [-0.4, -0.2) is 35.5 Å². The molecular formula is C22H48O4Si. The lowest BCUT2D eigenvalue weighted by Gasteiger charge is -2.28. The Kier molecular flexibility index (Phi) is 20.8. The van der Waals surface area contributed by atoms with Gasteiger partial charge in [0, 0.05) is 26.4 Å². The molecule has 0 spiro atoms. The molecule has 0 aromatic rings. The standard InChI is InChI=1S/C22H48O4Si/c1-5-9-13-17-21-25-27(23-19-15-11-7-3,24-20-16-12-8-4)26-22-18-14-10-6-2/h5-22H2,1-4H3. The van der Waals surface area contributed by atoms with Gasteiger partial charge in [-0.25, -0.2) is 0 Å². The van der Waals surface area contributed by atoms with Crippen molar-refractivity contribution in [2.75, 3.05) is 26.4 Å². The molecule has 0 unspecified atom stereocenters. The van der Waals surface area contributed by atoms with Crippen LogP contribution < -0.4 is 0 Å². The molecule has 164 valence electrons. The summed E-state index contributed by atoms with van der Waals surface area (Å²) in [5, 5.41) is 0. The Morgan fingerprint density at radius 3 is 0.926 bits per heavy atom. The monoisotopic (exact) mass is 404 g/mol. The summed E-state index contributed by atoms with van der Waals surface area (Å²) in [6.07, 6.45) is 16.3. The molecule has 27 heavy (non-hydrogen) atoms. The van der Waals surface area contributed by atoms with E-state index >= 15 is 0 Å². The van der Waals surface area contributed by atoms with Crippen LogP contribution in [0.5, 0.6) is 0 Å². The van der Waals surface area contributed by atoms with Gasteiger partial charge in [0.25, 0.3) is 0 Å². The Morgan fingerprint density at radius 1 is 0.370 bits per heavy atom. The Hall–Kier alpha value is 0.0569. The highest BCUT2D eigenvalue weighted by Gasteiger charge is 2.45. The Bertz CT molecular complexity index is 261. The molecule has 0 atom stereocenters. The van der Waals surface area contributed by atoms with Crippen LogP contribution in [0.25, 0.3) is 0 Å². The van der Waals surface area contributed by atoms with Crippen LogP contribution in [0.4, 0.5) is 0 Å². The predicted octanol–water partition coefficient (Wildman–Crippen LogP) is 7.03. The van der Waals surface area contributed by atoms with Crippen molar-refractivity contribution < 1.29 is 17.7 Å². The van der Waals surface area contributed by atoms with Crippen LogP contribution in [-0.2, 0) is 17.7 Å². The Morgan fingerprint density at radius 2 is 0.630 bits per heavy atom. The van der Waals surface area contributed by atoms with Crippen molar-refractivity contribution >= 4 is 9.05 Å². The predicted molar refractivity (Wildman–Crippen MR) is 117 cm³/mol. The summed E-state index contributed by atoms with van der Waals surface area (Å²) >= 11 is 0. The number of hydrogen-bond acceptors (Lipinski definition) is 4. The van der Waals surface area contributed by atoms with Crippen LogP contribution in [0.2, 0.25) is 0 Å². The third-order valence-electron chi connectivity index (χ3n) is 4.61. The average molecular weight is 405 g/mol. The number of unbranched alkanes of at least 4 members (excludes halogenated alkanes) is 10. The van der Waals surface area contributed by atoms with Crippen molar-refractivity contribution in [2.24, 2.45) is 0 Å². The molecule has 0 amide bonds. The molecule has 0 saturated carbocycles. The minimum atomic E-state index is -3.02. The molecule has 0 heterocycles. The first kappa shape index (κ1) is 27.1. The van der Waals surface area contributed by atoms with Crippen LogP contribution in [0, 0.1) is 0 Å². The van der Waals surface area contributed by atoms with E-state index in [4.69, 9.17) is 17.7 Å². The van der Waals surface area contributed by atoms with E-state index < -0.39 is 9.05 Å². The first-order valence-corrected chi connectivity index (χ1v) is 13.4. The molecule has 5 heteroatoms. The fourth-order valence-corrected chi connectivity index (χ4v) is 4.88. The van der Waals surface area contributed by atoms with Gasteiger partial charge in [0.15, 0.2) is 0 Å². The fourth-order valence-electron chi connectivity index (χ4n) is 2.80. The van der Waals surface area contributed by atoms with Gasteiger partial charge in [0.1, 0.15) is 0 Å². The second kappa shape index (κ2) is 20.8. The van der Waals surface area contributed by atoms with E-state index in [1.807, 2.05) is 0 Å². The van der Waals surface area contributed by atoms with E-state index in [2.05, 4.69) is 27.7 Å². The average Bonchev–Trinajstić information content (AvgIpc) is 2.68. The lowest BCUT2D eigenvalue weighted by Crippen LogP contribution is -2.50. The molecule has 0 aliphatic rings. The van der Waals surface area contributed by atoms with Gasteiger partial charge in [-0.1, -0.05) is 91.9 Å². The van der Waals surface area contributed by atoms with Gasteiger partial charge < -0.3 is 17.7 Å². The summed E-state index contributed by atoms with van der Waals surface area (Å²) in [4.78, 5) is 0. The zero-order chi connectivity index (χ0) is 20.1. The van der Waals surface area contributed by atoms with Crippen molar-refractivity contribution in [3.8, 4) is 0 Å². The maximum atomic E-state index is 6.22. The molecule has 0 aromatic carbocycles. The molecule has 0 aliphatic carbocycles. The first-order valence-electron chi connectivity index (χ1n) is 11.8. The zero-order valence-electron chi connectivity index (χ0n) is 18.9. The van der Waals surface area contributed by atoms with Crippen LogP contribution in [0.3, 0.4) is 0 Å². The molecule has 0 bridgehead atoms. The molecule has 0 N–H and O–H groups in total. The van der Waals surface area contributed by atoms with Crippen molar-refractivity contribution in [2.45, 2.75) is 118 Å². The first-order chi connectivity index (χ1) is 13.2. The lowest BCUT2D eigenvalue weighted by atomic mass is 10.2. The smallest absolute Gasteiger partial charge is 0.351 e. The second-order valence-corrected chi connectivity index (χ2v) is 9.58. The zero-order valence-corrected chi connectivity index (χ0v) is 19.9. The summed E-state index contributed by atoms with van der Waals surface area (Å²) in [7, 11) is -3.02. The molecule has 0 aromatic heterocycles. The highest BCUT2D eigenvalue weighted by atomic mass is 28.4. The van der Waals surface area contributed by atoms with E-state index in [9.17, 15) is 0 Å². The van der Waals surface area contributed by atoms with Gasteiger partial charge in [-0.05, 0) is 25.7 Å². The summed E-state index contributed by atoms with van der Waals surface area (Å²) in [5.74, 6) is 0. The van der Waals surface area contributed by atoms with Crippen molar-refractivity contribution in [1.82, 2.24) is 0 Å². The quantitative estimate of drug-likeness (QED) is 0.143. The highest BCUT2D eigenvalue weighted by Crippen LogP contribution is 2.17. The van der Waals surface area contributed by atoms with E-state index in [1.165, 1.54) is 64.2 Å². The molecule has 0 radical (unpaired) electrons. The minimum absolute atomic E-state index is 0.678. The minimum Gasteiger partial charge on any atom is -0.351 e. The van der Waals surface area contributed by atoms with Gasteiger partial charge in [-0.2, -0.15) is 0 Å². The largest absolute Gasteiger partial charge is 0.679 e. The van der Waals surface area contributed by atoms with E-state index in [0.29, 0.717) is 26.4 Å². The molecule has 0 fully saturated rings. The van der Waals surface area contributed by atoms with Crippen LogP contribution in [0.15, 0.2) is 0 Å². The molecule has 0 aliphatic heterocycles. The second-order valence-electron chi connectivity index (χ2n) is 7.43. The van der Waals surface area contributed by atoms with E-state index in [0.717, 1.165) is 25.7 Å². The summed E-state index contributed by atoms with van der Waals surface area (Å²) < 4.78 is 24.8. The Labute approximate surface area is 171 Å². The summed E-state index contributed by atoms with van der Waals surface area (Å²) in [6.45, 7) is 11.6. The van der Waals surface area contributed by atoms with Gasteiger partial charge in [0.05, 0.1) is 0 Å². The number of rotatable bonds is 22. The lowest BCUT2D eigenvalue weighted by molar-refractivity contribution is -0.0374. The van der Waals surface area contributed by atoms with Gasteiger partial charge in [0.2, 0.25) is 0 Å². The van der Waals surface area contributed by atoms with Gasteiger partial charge in [-0.3, -0.25) is 0 Å². The maximum Gasteiger partial charge on any atom is 0.679 e. The molecule has 0 saturated heterocycles. The molecule has 0 rings (SSSR count). The van der Waals surface area contributed by atoms with Gasteiger partial charge in [-0.15, -0.1) is 0 Å². The van der Waals surface area contributed by atoms with E-state index in [1.54, 1.807) is 0 Å². The van der Waals surface area contributed by atoms with E-state index in [-0.39, 0.29) is 0 Å². The SMILES string of the molecule is CCCCCCO[Si](OCCCCC)(OCCCCC)OCCCCCC. The van der Waals surface area contributed by atoms with Crippen LogP contribution >= 0.6 is 0 Å². The molecular weight excluding hydrogens is 356 g/mol. The normalized spacial score (nSPS) is 12.0. The van der Waals surface area contributed by atoms with Crippen molar-refractivity contribution in [3.05, 3.63) is 0 Å². The Balaban J connectivity index is 4.64. The van der Waals surface area contributed by atoms with Crippen LogP contribution in [0.1, 0.15) is 118 Å². The maximum absolute atomic E-state index is 6.22. The van der Waals surface area contributed by atoms with Gasteiger partial charge >= 0.3 is 9.05 Å². The van der Waals surface area contributed by atoms with Crippen molar-refractivity contribution in [3.63, 3.8) is 0 Å². The molecule has 4 nitrogen and oxygen atoms in total.